The number of benzene rings is 1. The van der Waals surface area contributed by atoms with Crippen molar-refractivity contribution in [2.75, 3.05) is 30.2 Å². The molecule has 0 atom stereocenters. The number of anilines is 2. The van der Waals surface area contributed by atoms with E-state index in [2.05, 4.69) is 10.3 Å². The second-order valence-corrected chi connectivity index (χ2v) is 5.05. The second-order valence-electron chi connectivity index (χ2n) is 3.75. The van der Waals surface area contributed by atoms with E-state index in [-0.39, 0.29) is 11.8 Å². The van der Waals surface area contributed by atoms with Crippen molar-refractivity contribution in [3.63, 3.8) is 0 Å². The Bertz CT molecular complexity index is 553. The van der Waals surface area contributed by atoms with Crippen LogP contribution in [-0.2, 0) is 4.79 Å². The van der Waals surface area contributed by atoms with Gasteiger partial charge in [-0.25, -0.2) is 4.98 Å². The number of amides is 1. The topological polar surface area (TPSA) is 45.2 Å². The minimum absolute atomic E-state index is 0.0567. The van der Waals surface area contributed by atoms with Crippen molar-refractivity contribution in [2.24, 2.45) is 0 Å². The standard InChI is InChI=1S/C11H12ClN3OS/c1-15(2)7-3-4-8-9(5-7)17-11(13-8)14-10(16)6-12/h3-5H,6H2,1-2H3,(H,13,14,16). The molecule has 2 rings (SSSR count). The lowest BCUT2D eigenvalue weighted by Gasteiger charge is -2.11. The summed E-state index contributed by atoms with van der Waals surface area (Å²) in [6.07, 6.45) is 0. The molecular formula is C11H12ClN3OS. The van der Waals surface area contributed by atoms with Crippen molar-refractivity contribution in [2.45, 2.75) is 0 Å². The van der Waals surface area contributed by atoms with Crippen molar-refractivity contribution >= 4 is 49.9 Å². The molecule has 0 aliphatic heterocycles. The van der Waals surface area contributed by atoms with E-state index in [1.54, 1.807) is 0 Å². The van der Waals surface area contributed by atoms with Crippen molar-refractivity contribution in [3.05, 3.63) is 18.2 Å². The molecule has 0 aliphatic rings. The molecule has 1 amide bonds. The molecule has 0 fully saturated rings. The van der Waals surface area contributed by atoms with E-state index >= 15 is 0 Å². The first kappa shape index (κ1) is 12.1. The van der Waals surface area contributed by atoms with Gasteiger partial charge in [0.1, 0.15) is 5.88 Å². The third-order valence-corrected chi connectivity index (χ3v) is 3.43. The fourth-order valence-electron chi connectivity index (χ4n) is 1.40. The number of carbonyl (C=O) groups excluding carboxylic acids is 1. The van der Waals surface area contributed by atoms with Gasteiger partial charge in [-0.15, -0.1) is 11.6 Å². The molecule has 4 nitrogen and oxygen atoms in total. The molecule has 1 heterocycles. The van der Waals surface area contributed by atoms with E-state index < -0.39 is 0 Å². The van der Waals surface area contributed by atoms with Crippen molar-refractivity contribution in [1.29, 1.82) is 0 Å². The summed E-state index contributed by atoms with van der Waals surface area (Å²) in [7, 11) is 3.97. The lowest BCUT2D eigenvalue weighted by molar-refractivity contribution is -0.113. The van der Waals surface area contributed by atoms with Crippen LogP contribution in [0.1, 0.15) is 0 Å². The van der Waals surface area contributed by atoms with Gasteiger partial charge < -0.3 is 10.2 Å². The van der Waals surface area contributed by atoms with Gasteiger partial charge >= 0.3 is 0 Å². The highest BCUT2D eigenvalue weighted by atomic mass is 35.5. The Hall–Kier alpha value is -1.33. The summed E-state index contributed by atoms with van der Waals surface area (Å²) in [5, 5.41) is 3.24. The normalized spacial score (nSPS) is 10.5. The molecule has 0 aliphatic carbocycles. The van der Waals surface area contributed by atoms with Crippen LogP contribution < -0.4 is 10.2 Å². The Morgan fingerprint density at radius 3 is 2.94 bits per heavy atom. The fourth-order valence-corrected chi connectivity index (χ4v) is 2.38. The molecule has 0 unspecified atom stereocenters. The molecule has 1 aromatic heterocycles. The smallest absolute Gasteiger partial charge is 0.241 e. The van der Waals surface area contributed by atoms with Crippen LogP contribution >= 0.6 is 22.9 Å². The number of fused-ring (bicyclic) bond motifs is 1. The molecule has 0 saturated heterocycles. The lowest BCUT2D eigenvalue weighted by atomic mass is 10.3. The molecule has 0 spiro atoms. The Morgan fingerprint density at radius 2 is 2.29 bits per heavy atom. The zero-order valence-electron chi connectivity index (χ0n) is 9.53. The predicted octanol–water partition coefficient (Wildman–Crippen LogP) is 2.54. The van der Waals surface area contributed by atoms with Crippen LogP contribution in [-0.4, -0.2) is 30.9 Å². The molecule has 1 aromatic carbocycles. The Morgan fingerprint density at radius 1 is 1.53 bits per heavy atom. The van der Waals surface area contributed by atoms with E-state index in [1.165, 1.54) is 11.3 Å². The SMILES string of the molecule is CN(C)c1ccc2nc(NC(=O)CCl)sc2c1. The summed E-state index contributed by atoms with van der Waals surface area (Å²) in [6.45, 7) is 0. The zero-order chi connectivity index (χ0) is 12.4. The van der Waals surface area contributed by atoms with Gasteiger partial charge in [0.05, 0.1) is 10.2 Å². The first-order chi connectivity index (χ1) is 8.10. The van der Waals surface area contributed by atoms with Crippen molar-refractivity contribution in [3.8, 4) is 0 Å². The number of alkyl halides is 1. The first-order valence-corrected chi connectivity index (χ1v) is 6.39. The van der Waals surface area contributed by atoms with Gasteiger partial charge in [-0.3, -0.25) is 4.79 Å². The van der Waals surface area contributed by atoms with Gasteiger partial charge in [0.25, 0.3) is 0 Å². The van der Waals surface area contributed by atoms with E-state index in [0.29, 0.717) is 5.13 Å². The van der Waals surface area contributed by atoms with Crippen molar-refractivity contribution in [1.82, 2.24) is 4.98 Å². The number of thiazole rings is 1. The van der Waals surface area contributed by atoms with Gasteiger partial charge in [0.15, 0.2) is 5.13 Å². The van der Waals surface area contributed by atoms with Gasteiger partial charge in [-0.05, 0) is 18.2 Å². The number of hydrogen-bond acceptors (Lipinski definition) is 4. The third-order valence-electron chi connectivity index (χ3n) is 2.26. The quantitative estimate of drug-likeness (QED) is 0.871. The maximum Gasteiger partial charge on any atom is 0.241 e. The number of carbonyl (C=O) groups is 1. The summed E-state index contributed by atoms with van der Waals surface area (Å²) >= 11 is 6.87. The molecular weight excluding hydrogens is 258 g/mol. The monoisotopic (exact) mass is 269 g/mol. The number of aromatic nitrogens is 1. The van der Waals surface area contributed by atoms with Gasteiger partial charge in [0, 0.05) is 19.8 Å². The van der Waals surface area contributed by atoms with Gasteiger partial charge in [-0.1, -0.05) is 11.3 Å². The average Bonchev–Trinajstić information content (AvgIpc) is 2.69. The van der Waals surface area contributed by atoms with E-state index in [0.717, 1.165) is 15.9 Å². The van der Waals surface area contributed by atoms with E-state index in [9.17, 15) is 4.79 Å². The average molecular weight is 270 g/mol. The van der Waals surface area contributed by atoms with Crippen LogP contribution in [0.3, 0.4) is 0 Å². The highest BCUT2D eigenvalue weighted by Crippen LogP contribution is 2.29. The zero-order valence-corrected chi connectivity index (χ0v) is 11.1. The van der Waals surface area contributed by atoms with Crippen LogP contribution in [0.5, 0.6) is 0 Å². The third kappa shape index (κ3) is 2.68. The molecule has 0 bridgehead atoms. The van der Waals surface area contributed by atoms with Gasteiger partial charge in [-0.2, -0.15) is 0 Å². The Kier molecular flexibility index (Phi) is 3.49. The second kappa shape index (κ2) is 4.89. The summed E-state index contributed by atoms with van der Waals surface area (Å²) in [5.41, 5.74) is 1.99. The summed E-state index contributed by atoms with van der Waals surface area (Å²) in [4.78, 5) is 17.5. The first-order valence-electron chi connectivity index (χ1n) is 5.04. The molecule has 17 heavy (non-hydrogen) atoms. The summed E-state index contributed by atoms with van der Waals surface area (Å²) in [6, 6.07) is 5.98. The largest absolute Gasteiger partial charge is 0.378 e. The van der Waals surface area contributed by atoms with Crippen LogP contribution in [0, 0.1) is 0 Å². The summed E-state index contributed by atoms with van der Waals surface area (Å²) < 4.78 is 1.04. The highest BCUT2D eigenvalue weighted by molar-refractivity contribution is 7.22. The summed E-state index contributed by atoms with van der Waals surface area (Å²) in [5.74, 6) is -0.294. The number of hydrogen-bond donors (Lipinski definition) is 1. The Labute approximate surface area is 108 Å². The molecule has 0 radical (unpaired) electrons. The van der Waals surface area contributed by atoms with Crippen LogP contribution in [0.25, 0.3) is 10.2 Å². The molecule has 90 valence electrons. The van der Waals surface area contributed by atoms with E-state index in [1.807, 2.05) is 37.2 Å². The maximum absolute atomic E-state index is 11.1. The minimum atomic E-state index is -0.237. The van der Waals surface area contributed by atoms with Crippen LogP contribution in [0.15, 0.2) is 18.2 Å². The predicted molar refractivity (Wildman–Crippen MR) is 73.3 cm³/mol. The number of nitrogens with one attached hydrogen (secondary N) is 1. The van der Waals surface area contributed by atoms with Crippen LogP contribution in [0.2, 0.25) is 0 Å². The molecule has 0 saturated carbocycles. The highest BCUT2D eigenvalue weighted by Gasteiger charge is 2.07. The Balaban J connectivity index is 2.33. The number of rotatable bonds is 3. The minimum Gasteiger partial charge on any atom is -0.378 e. The molecule has 6 heteroatoms. The van der Waals surface area contributed by atoms with Crippen LogP contribution in [0.4, 0.5) is 10.8 Å². The molecule has 2 aromatic rings. The van der Waals surface area contributed by atoms with Gasteiger partial charge in [0.2, 0.25) is 5.91 Å². The fraction of sp³-hybridized carbons (Fsp3) is 0.273. The number of halogens is 1. The maximum atomic E-state index is 11.1. The van der Waals surface area contributed by atoms with Crippen molar-refractivity contribution < 1.29 is 4.79 Å². The van der Waals surface area contributed by atoms with E-state index in [4.69, 9.17) is 11.6 Å². The lowest BCUT2D eigenvalue weighted by Crippen LogP contribution is -2.11. The molecule has 1 N–H and O–H groups in total. The number of nitrogens with zero attached hydrogens (tertiary/aromatic N) is 2.